The Morgan fingerprint density at radius 3 is 1.98 bits per heavy atom. The number of imidazole rings is 1. The minimum absolute atomic E-state index is 0.00232. The van der Waals surface area contributed by atoms with Gasteiger partial charge in [0.05, 0.1) is 30.4 Å². The summed E-state index contributed by atoms with van der Waals surface area (Å²) in [6, 6.07) is 24.3. The van der Waals surface area contributed by atoms with E-state index in [1.165, 1.54) is 0 Å². The van der Waals surface area contributed by atoms with Crippen molar-refractivity contribution in [3.8, 4) is 39.1 Å². The predicted octanol–water partition coefficient (Wildman–Crippen LogP) is 10.9. The van der Waals surface area contributed by atoms with E-state index < -0.39 is 36.3 Å². The van der Waals surface area contributed by atoms with Crippen molar-refractivity contribution in [1.82, 2.24) is 9.55 Å². The summed E-state index contributed by atoms with van der Waals surface area (Å²) in [4.78, 5) is 4.94. The van der Waals surface area contributed by atoms with Gasteiger partial charge >= 0.3 is 0 Å². The topological polar surface area (TPSA) is 17.8 Å². The fourth-order valence-electron chi connectivity index (χ4n) is 6.12. The van der Waals surface area contributed by atoms with Gasteiger partial charge in [0.1, 0.15) is 5.82 Å². The fourth-order valence-corrected chi connectivity index (χ4v) is 6.12. The highest BCUT2D eigenvalue weighted by Gasteiger charge is 2.21. The van der Waals surface area contributed by atoms with Gasteiger partial charge in [0.15, 0.2) is 0 Å². The zero-order valence-electron chi connectivity index (χ0n) is 33.3. The smallest absolute Gasteiger partial charge is 0.114 e. The molecule has 0 aliphatic rings. The summed E-state index contributed by atoms with van der Waals surface area (Å²) < 4.78 is 88.1. The van der Waals surface area contributed by atoms with E-state index in [0.717, 1.165) is 39.1 Å². The molecule has 8 rings (SSSR count). The van der Waals surface area contributed by atoms with Gasteiger partial charge in [-0.25, -0.2) is 4.98 Å². The minimum atomic E-state index is -0.512. The second kappa shape index (κ2) is 10.4. The summed E-state index contributed by atoms with van der Waals surface area (Å²) in [5.41, 5.74) is 5.04. The van der Waals surface area contributed by atoms with Crippen molar-refractivity contribution < 1.29 is 13.7 Å². The zero-order valence-corrected chi connectivity index (χ0v) is 23.3. The van der Waals surface area contributed by atoms with E-state index >= 15 is 0 Å². The molecule has 0 bridgehead atoms. The SMILES string of the molecule is [2H]c1c([2H])c([2H])c(-c2ccc3c(-c4ccccc4-n4c(CC)nc5ccccc54)c4ccccc4c(-c4c([2H])c([2H])c([2H])c([2H])c4[2H])c3c2)c([2H])c1[2H]. The Balaban J connectivity index is 1.58. The third-order valence-electron chi connectivity index (χ3n) is 7.92. The summed E-state index contributed by atoms with van der Waals surface area (Å²) in [5, 5.41) is 2.55. The van der Waals surface area contributed by atoms with E-state index in [-0.39, 0.29) is 35.3 Å². The lowest BCUT2D eigenvalue weighted by Gasteiger charge is -2.21. The molecular weight excluding hydrogens is 520 g/mol. The van der Waals surface area contributed by atoms with Crippen molar-refractivity contribution in [1.29, 1.82) is 0 Å². The van der Waals surface area contributed by atoms with E-state index in [2.05, 4.69) is 11.5 Å². The maximum atomic E-state index is 9.04. The largest absolute Gasteiger partial charge is 0.296 e. The van der Waals surface area contributed by atoms with Crippen LogP contribution < -0.4 is 0 Å². The normalized spacial score (nSPS) is 14.7. The Hall–Kier alpha value is -5.47. The van der Waals surface area contributed by atoms with Crippen molar-refractivity contribution in [2.75, 3.05) is 0 Å². The van der Waals surface area contributed by atoms with Crippen LogP contribution >= 0.6 is 0 Å². The van der Waals surface area contributed by atoms with Crippen LogP contribution in [0.25, 0.3) is 71.6 Å². The van der Waals surface area contributed by atoms with E-state index in [9.17, 15) is 0 Å². The van der Waals surface area contributed by atoms with Gasteiger partial charge in [0.2, 0.25) is 0 Å². The number of nitrogens with zero attached hydrogens (tertiary/aromatic N) is 2. The van der Waals surface area contributed by atoms with Gasteiger partial charge in [-0.2, -0.15) is 0 Å². The van der Waals surface area contributed by atoms with Crippen molar-refractivity contribution >= 4 is 32.6 Å². The Morgan fingerprint density at radius 1 is 0.581 bits per heavy atom. The van der Waals surface area contributed by atoms with Gasteiger partial charge in [-0.05, 0) is 73.6 Å². The van der Waals surface area contributed by atoms with Crippen LogP contribution in [0, 0.1) is 0 Å². The predicted molar refractivity (Wildman–Crippen MR) is 182 cm³/mol. The van der Waals surface area contributed by atoms with E-state index in [1.54, 1.807) is 12.1 Å². The molecule has 0 amide bonds. The molecule has 0 saturated heterocycles. The quantitative estimate of drug-likeness (QED) is 0.191. The number of aryl methyl sites for hydroxylation is 1. The maximum Gasteiger partial charge on any atom is 0.114 e. The zero-order chi connectivity index (χ0) is 37.5. The lowest BCUT2D eigenvalue weighted by molar-refractivity contribution is 0.909. The van der Waals surface area contributed by atoms with E-state index in [0.29, 0.717) is 33.7 Å². The molecule has 0 unspecified atom stereocenters. The summed E-state index contributed by atoms with van der Waals surface area (Å²) in [7, 11) is 0. The maximum absolute atomic E-state index is 9.04. The average molecular weight is 561 g/mol. The van der Waals surface area contributed by atoms with Crippen LogP contribution in [0.15, 0.2) is 151 Å². The fraction of sp³-hybridized carbons (Fsp3) is 0.0488. The Morgan fingerprint density at radius 2 is 1.21 bits per heavy atom. The second-order valence-electron chi connectivity index (χ2n) is 10.3. The van der Waals surface area contributed by atoms with E-state index in [4.69, 9.17) is 18.7 Å². The molecule has 2 nitrogen and oxygen atoms in total. The number of aromatic nitrogens is 2. The Kier molecular flexibility index (Phi) is 4.08. The Bertz CT molecular complexity index is 2780. The molecule has 204 valence electrons. The van der Waals surface area contributed by atoms with Gasteiger partial charge < -0.3 is 0 Å². The van der Waals surface area contributed by atoms with Crippen LogP contribution in [0.3, 0.4) is 0 Å². The molecule has 0 N–H and O–H groups in total. The van der Waals surface area contributed by atoms with Crippen molar-refractivity contribution in [2.45, 2.75) is 13.3 Å². The first-order valence-corrected chi connectivity index (χ1v) is 14.1. The lowest BCUT2D eigenvalue weighted by atomic mass is 9.84. The number of para-hydroxylation sites is 3. The van der Waals surface area contributed by atoms with Crippen LogP contribution in [0.1, 0.15) is 26.5 Å². The van der Waals surface area contributed by atoms with Gasteiger partial charge in [0.25, 0.3) is 0 Å². The highest BCUT2D eigenvalue weighted by molar-refractivity contribution is 6.22. The first-order chi connectivity index (χ1) is 25.5. The van der Waals surface area contributed by atoms with Gasteiger partial charge in [-0.1, -0.05) is 134 Å². The molecule has 0 atom stereocenters. The molecule has 1 aromatic heterocycles. The molecule has 0 radical (unpaired) electrons. The van der Waals surface area contributed by atoms with Crippen LogP contribution in [0.2, 0.25) is 0 Å². The molecule has 0 aliphatic heterocycles. The highest BCUT2D eigenvalue weighted by atomic mass is 15.1. The van der Waals surface area contributed by atoms with Crippen molar-refractivity contribution in [3.05, 3.63) is 157 Å². The number of hydrogen-bond acceptors (Lipinski definition) is 1. The van der Waals surface area contributed by atoms with Crippen LogP contribution in [-0.2, 0) is 6.42 Å². The molecule has 0 spiro atoms. The molecule has 1 heterocycles. The third-order valence-corrected chi connectivity index (χ3v) is 7.92. The number of benzene rings is 7. The van der Waals surface area contributed by atoms with Gasteiger partial charge in [-0.15, -0.1) is 0 Å². The summed E-state index contributed by atoms with van der Waals surface area (Å²) in [5.74, 6) is 0.867. The van der Waals surface area contributed by atoms with Crippen molar-refractivity contribution in [2.24, 2.45) is 0 Å². The molecule has 43 heavy (non-hydrogen) atoms. The van der Waals surface area contributed by atoms with Crippen molar-refractivity contribution in [3.63, 3.8) is 0 Å². The van der Waals surface area contributed by atoms with Crippen LogP contribution in [-0.4, -0.2) is 9.55 Å². The Labute approximate surface area is 265 Å². The summed E-state index contributed by atoms with van der Waals surface area (Å²) >= 11 is 0. The summed E-state index contributed by atoms with van der Waals surface area (Å²) in [6.07, 6.45) is 0.667. The molecular formula is C41H30N2. The molecule has 2 heteroatoms. The second-order valence-corrected chi connectivity index (χ2v) is 10.3. The van der Waals surface area contributed by atoms with E-state index in [1.807, 2.05) is 78.9 Å². The average Bonchev–Trinajstić information content (AvgIpc) is 3.56. The minimum Gasteiger partial charge on any atom is -0.296 e. The molecule has 0 saturated carbocycles. The standard InChI is InChI=1S/C41H30N2/c1-2-39-42-36-22-12-14-24-38(36)43(39)37-23-13-11-21-34(37)41-32-20-10-9-19-31(32)40(29-17-7-4-8-18-29)35-27-30(25-26-33(35)41)28-15-5-3-6-16-28/h3-27H,2H2,1H3/i3D,4D,5D,6D,7D,8D,15D,16D,17D,18D. The number of rotatable bonds is 5. The van der Waals surface area contributed by atoms with Gasteiger partial charge in [0, 0.05) is 12.0 Å². The monoisotopic (exact) mass is 560 g/mol. The number of fused-ring (bicyclic) bond motifs is 3. The molecule has 0 fully saturated rings. The first-order valence-electron chi connectivity index (χ1n) is 19.1. The van der Waals surface area contributed by atoms with Crippen LogP contribution in [0.4, 0.5) is 0 Å². The van der Waals surface area contributed by atoms with Gasteiger partial charge in [-0.3, -0.25) is 4.57 Å². The summed E-state index contributed by atoms with van der Waals surface area (Å²) in [6.45, 7) is 2.06. The molecule has 7 aromatic carbocycles. The first kappa shape index (κ1) is 16.8. The van der Waals surface area contributed by atoms with Crippen LogP contribution in [0.5, 0.6) is 0 Å². The third kappa shape index (κ3) is 4.14. The molecule has 0 aliphatic carbocycles. The highest BCUT2D eigenvalue weighted by Crippen LogP contribution is 2.46. The number of hydrogen-bond donors (Lipinski definition) is 0. The molecule has 8 aromatic rings. The lowest BCUT2D eigenvalue weighted by Crippen LogP contribution is -2.03.